The van der Waals surface area contributed by atoms with Crippen molar-refractivity contribution >= 4 is 17.7 Å². The molecular formula is C23H13F6N5O2. The molecule has 0 unspecified atom stereocenters. The highest BCUT2D eigenvalue weighted by Gasteiger charge is 2.31. The van der Waals surface area contributed by atoms with Crippen LogP contribution < -0.4 is 0 Å². The second-order valence-electron chi connectivity index (χ2n) is 7.33. The highest BCUT2D eigenvalue weighted by Crippen LogP contribution is 2.33. The number of aromatic nitrogens is 5. The van der Waals surface area contributed by atoms with E-state index in [4.69, 9.17) is 0 Å². The van der Waals surface area contributed by atoms with E-state index in [0.29, 0.717) is 0 Å². The smallest absolute Gasteiger partial charge is 0.416 e. The summed E-state index contributed by atoms with van der Waals surface area (Å²) in [7, 11) is 0. The Hall–Kier alpha value is -4.55. The highest BCUT2D eigenvalue weighted by molar-refractivity contribution is 6.19. The Bertz CT molecular complexity index is 1410. The molecule has 2 heterocycles. The Kier molecular flexibility index (Phi) is 6.31. The van der Waals surface area contributed by atoms with Gasteiger partial charge in [-0.15, -0.1) is 5.10 Å². The zero-order valence-corrected chi connectivity index (χ0v) is 17.8. The van der Waals surface area contributed by atoms with E-state index in [9.17, 15) is 36.2 Å². The Labute approximate surface area is 198 Å². The number of aliphatic carboxylic acids is 1. The number of alkyl halides is 6. The lowest BCUT2D eigenvalue weighted by Gasteiger charge is -2.08. The van der Waals surface area contributed by atoms with Crippen LogP contribution in [0.15, 0.2) is 67.3 Å². The van der Waals surface area contributed by atoms with E-state index in [1.807, 2.05) is 0 Å². The lowest BCUT2D eigenvalue weighted by molar-refractivity contribution is -0.138. The van der Waals surface area contributed by atoms with E-state index in [2.05, 4.69) is 20.1 Å². The summed E-state index contributed by atoms with van der Waals surface area (Å²) >= 11 is 0. The molecule has 0 aliphatic carbocycles. The molecule has 184 valence electrons. The maximum atomic E-state index is 13.0. The molecule has 0 aliphatic heterocycles. The largest absolute Gasteiger partial charge is 0.478 e. The molecule has 0 atom stereocenters. The Morgan fingerprint density at radius 1 is 0.806 bits per heavy atom. The minimum Gasteiger partial charge on any atom is -0.478 e. The van der Waals surface area contributed by atoms with Gasteiger partial charge in [-0.25, -0.2) is 24.4 Å². The molecule has 0 aliphatic rings. The maximum Gasteiger partial charge on any atom is 0.416 e. The zero-order valence-electron chi connectivity index (χ0n) is 17.8. The van der Waals surface area contributed by atoms with Gasteiger partial charge in [0.2, 0.25) is 0 Å². The number of carboxylic acids is 1. The Morgan fingerprint density at radius 2 is 1.31 bits per heavy atom. The van der Waals surface area contributed by atoms with Gasteiger partial charge in [-0.05, 0) is 24.3 Å². The van der Waals surface area contributed by atoms with Crippen LogP contribution in [0.4, 0.5) is 26.3 Å². The molecule has 2 aromatic carbocycles. The number of nitrogens with zero attached hydrogens (tertiary/aromatic N) is 5. The summed E-state index contributed by atoms with van der Waals surface area (Å²) in [6, 6.07) is 7.80. The van der Waals surface area contributed by atoms with Crippen molar-refractivity contribution in [2.75, 3.05) is 0 Å². The molecule has 0 radical (unpaired) electrons. The van der Waals surface area contributed by atoms with Gasteiger partial charge >= 0.3 is 18.3 Å². The van der Waals surface area contributed by atoms with Gasteiger partial charge in [0.15, 0.2) is 11.6 Å². The summed E-state index contributed by atoms with van der Waals surface area (Å²) in [5.74, 6) is -1.51. The molecule has 13 heteroatoms. The third-order valence-corrected chi connectivity index (χ3v) is 4.93. The van der Waals surface area contributed by atoms with E-state index in [-0.39, 0.29) is 33.9 Å². The third-order valence-electron chi connectivity index (χ3n) is 4.93. The number of halogens is 6. The van der Waals surface area contributed by atoms with Crippen molar-refractivity contribution in [3.05, 3.63) is 83.9 Å². The number of carbonyl (C=O) groups is 1. The molecule has 0 amide bonds. The standard InChI is InChI=1S/C23H13F6N5O2/c24-22(25,26)16-5-1-13(2-6-16)19-32-20(14-3-7-17(8-4-14)23(27,28)29)34(33-19)11-18(21(35)36)15-9-30-12-31-10-15/h1-12H,(H,35,36). The summed E-state index contributed by atoms with van der Waals surface area (Å²) < 4.78 is 78.8. The lowest BCUT2D eigenvalue weighted by Crippen LogP contribution is -2.05. The average molecular weight is 505 g/mol. The molecule has 0 fully saturated rings. The highest BCUT2D eigenvalue weighted by atomic mass is 19.4. The minimum absolute atomic E-state index is 0.0470. The fourth-order valence-electron chi connectivity index (χ4n) is 3.16. The summed E-state index contributed by atoms with van der Waals surface area (Å²) in [5, 5.41) is 13.9. The molecule has 0 spiro atoms. The number of hydrogen-bond donors (Lipinski definition) is 1. The molecule has 7 nitrogen and oxygen atoms in total. The fourth-order valence-corrected chi connectivity index (χ4v) is 3.16. The van der Waals surface area contributed by atoms with E-state index in [0.717, 1.165) is 59.4 Å². The van der Waals surface area contributed by atoms with E-state index >= 15 is 0 Å². The monoisotopic (exact) mass is 505 g/mol. The van der Waals surface area contributed by atoms with E-state index in [1.54, 1.807) is 0 Å². The number of rotatable bonds is 5. The molecule has 0 saturated heterocycles. The van der Waals surface area contributed by atoms with Crippen LogP contribution in [0.3, 0.4) is 0 Å². The molecule has 0 bridgehead atoms. The summed E-state index contributed by atoms with van der Waals surface area (Å²) in [6.07, 6.45) is -4.42. The van der Waals surface area contributed by atoms with Crippen LogP contribution in [0, 0.1) is 0 Å². The SMILES string of the molecule is O=C(O)C(=Cn1nc(-c2ccc(C(F)(F)F)cc2)nc1-c1ccc(C(F)(F)F)cc1)c1cncnc1. The third kappa shape index (κ3) is 5.24. The second kappa shape index (κ2) is 9.24. The molecule has 0 saturated carbocycles. The first-order valence-electron chi connectivity index (χ1n) is 9.96. The summed E-state index contributed by atoms with van der Waals surface area (Å²) in [4.78, 5) is 23.7. The average Bonchev–Trinajstić information content (AvgIpc) is 3.26. The molecule has 4 rings (SSSR count). The van der Waals surface area contributed by atoms with Crippen LogP contribution in [0.5, 0.6) is 0 Å². The van der Waals surface area contributed by atoms with Gasteiger partial charge in [0.25, 0.3) is 0 Å². The maximum absolute atomic E-state index is 13.0. The quantitative estimate of drug-likeness (QED) is 0.284. The van der Waals surface area contributed by atoms with E-state index in [1.165, 1.54) is 18.7 Å². The topological polar surface area (TPSA) is 93.8 Å². The molecular weight excluding hydrogens is 492 g/mol. The lowest BCUT2D eigenvalue weighted by atomic mass is 10.1. The summed E-state index contributed by atoms with van der Waals surface area (Å²) in [5.41, 5.74) is -1.70. The van der Waals surface area contributed by atoms with Crippen molar-refractivity contribution < 1.29 is 36.2 Å². The van der Waals surface area contributed by atoms with Gasteiger partial charge in [-0.3, -0.25) is 0 Å². The van der Waals surface area contributed by atoms with E-state index < -0.39 is 29.4 Å². The van der Waals surface area contributed by atoms with Crippen molar-refractivity contribution in [2.45, 2.75) is 12.4 Å². The summed E-state index contributed by atoms with van der Waals surface area (Å²) in [6.45, 7) is 0. The first-order chi connectivity index (χ1) is 16.9. The Morgan fingerprint density at radius 3 is 1.78 bits per heavy atom. The van der Waals surface area contributed by atoms with Crippen LogP contribution >= 0.6 is 0 Å². The van der Waals surface area contributed by atoms with Crippen LogP contribution in [0.2, 0.25) is 0 Å². The van der Waals surface area contributed by atoms with Gasteiger partial charge in [0, 0.05) is 35.3 Å². The number of hydrogen-bond acceptors (Lipinski definition) is 5. The van der Waals surface area contributed by atoms with Crippen molar-refractivity contribution in [3.63, 3.8) is 0 Å². The molecule has 1 N–H and O–H groups in total. The van der Waals surface area contributed by atoms with Gasteiger partial charge in [0.05, 0.1) is 16.7 Å². The predicted octanol–water partition coefficient (Wildman–Crippen LogP) is 5.52. The van der Waals surface area contributed by atoms with Crippen molar-refractivity contribution in [1.82, 2.24) is 24.7 Å². The zero-order chi connectivity index (χ0) is 26.1. The normalized spacial score (nSPS) is 12.6. The predicted molar refractivity (Wildman–Crippen MR) is 115 cm³/mol. The minimum atomic E-state index is -4.58. The van der Waals surface area contributed by atoms with Gasteiger partial charge < -0.3 is 5.11 Å². The fraction of sp³-hybridized carbons (Fsp3) is 0.0870. The second-order valence-corrected chi connectivity index (χ2v) is 7.33. The van der Waals surface area contributed by atoms with Crippen molar-refractivity contribution in [3.8, 4) is 22.8 Å². The van der Waals surface area contributed by atoms with Gasteiger partial charge in [0.1, 0.15) is 6.33 Å². The number of benzene rings is 2. The van der Waals surface area contributed by atoms with Crippen LogP contribution in [-0.2, 0) is 17.1 Å². The van der Waals surface area contributed by atoms with Crippen molar-refractivity contribution in [2.24, 2.45) is 0 Å². The first-order valence-corrected chi connectivity index (χ1v) is 9.96. The molecule has 4 aromatic rings. The molecule has 2 aromatic heterocycles. The first kappa shape index (κ1) is 24.6. The van der Waals surface area contributed by atoms with Crippen molar-refractivity contribution in [1.29, 1.82) is 0 Å². The van der Waals surface area contributed by atoms with Gasteiger partial charge in [-0.2, -0.15) is 26.3 Å². The Balaban J connectivity index is 1.86. The number of carboxylic acid groups (broad SMARTS) is 1. The van der Waals surface area contributed by atoms with Crippen LogP contribution in [0.25, 0.3) is 34.5 Å². The van der Waals surface area contributed by atoms with Crippen LogP contribution in [-0.4, -0.2) is 35.8 Å². The molecule has 36 heavy (non-hydrogen) atoms. The van der Waals surface area contributed by atoms with Crippen LogP contribution in [0.1, 0.15) is 16.7 Å². The van der Waals surface area contributed by atoms with Gasteiger partial charge in [-0.1, -0.05) is 24.3 Å².